The standard InChI is InChI=1S/C24H31Cl2N2O6PS/c1-35(32,19-5-3-4-18(29)13-19)9-7-16-10-21(25)20(22(26)11-16)14-27-23(24(30)31)12-17-6-8-28(15-17)36(2,33)34/h3-5,10-11,13,17,23,27,29H,6-9,12,14-15H2,1-2H3,(H,30,31)/t17?,23-,35?/m0/s1. The number of sulfonamides is 1. The number of carboxylic acid groups (broad SMARTS) is 1. The number of phenolic OH excluding ortho intramolecular Hbond substituents is 1. The highest BCUT2D eigenvalue weighted by Crippen LogP contribution is 2.41. The molecule has 8 nitrogen and oxygen atoms in total. The molecule has 3 atom stereocenters. The Balaban J connectivity index is 1.62. The van der Waals surface area contributed by atoms with Gasteiger partial charge in [-0.15, -0.1) is 0 Å². The minimum Gasteiger partial charge on any atom is -0.508 e. The summed E-state index contributed by atoms with van der Waals surface area (Å²) < 4.78 is 38.0. The van der Waals surface area contributed by atoms with Crippen LogP contribution in [0.4, 0.5) is 0 Å². The molecule has 0 aliphatic carbocycles. The summed E-state index contributed by atoms with van der Waals surface area (Å²) in [6.07, 6.45) is 2.89. The highest BCUT2D eigenvalue weighted by molar-refractivity contribution is 7.88. The minimum atomic E-state index is -3.29. The average molecular weight is 577 g/mol. The number of nitrogens with zero attached hydrogens (tertiary/aromatic N) is 1. The van der Waals surface area contributed by atoms with Crippen LogP contribution in [0.1, 0.15) is 24.0 Å². The van der Waals surface area contributed by atoms with Gasteiger partial charge in [-0.1, -0.05) is 35.3 Å². The second-order valence-corrected chi connectivity index (χ2v) is 15.4. The first-order valence-corrected chi connectivity index (χ1v) is 16.4. The lowest BCUT2D eigenvalue weighted by molar-refractivity contribution is -0.140. The Labute approximate surface area is 222 Å². The molecule has 0 bridgehead atoms. The van der Waals surface area contributed by atoms with E-state index < -0.39 is 29.2 Å². The molecule has 36 heavy (non-hydrogen) atoms. The van der Waals surface area contributed by atoms with E-state index in [9.17, 15) is 28.0 Å². The number of aryl methyl sites for hydroxylation is 1. The smallest absolute Gasteiger partial charge is 0.320 e. The number of aromatic hydroxyl groups is 1. The van der Waals surface area contributed by atoms with Crippen LogP contribution in [0.2, 0.25) is 10.0 Å². The first-order chi connectivity index (χ1) is 16.8. The van der Waals surface area contributed by atoms with Crippen molar-refractivity contribution in [2.45, 2.75) is 31.8 Å². The van der Waals surface area contributed by atoms with Gasteiger partial charge in [0.25, 0.3) is 0 Å². The maximum atomic E-state index is 13.2. The average Bonchev–Trinajstić information content (AvgIpc) is 3.25. The van der Waals surface area contributed by atoms with Gasteiger partial charge >= 0.3 is 5.97 Å². The molecule has 3 N–H and O–H groups in total. The van der Waals surface area contributed by atoms with E-state index in [-0.39, 0.29) is 24.6 Å². The lowest BCUT2D eigenvalue weighted by Gasteiger charge is -2.20. The van der Waals surface area contributed by atoms with E-state index in [1.807, 2.05) is 0 Å². The normalized spacial score (nSPS) is 19.2. The Morgan fingerprint density at radius 1 is 1.25 bits per heavy atom. The molecule has 2 aromatic carbocycles. The van der Waals surface area contributed by atoms with Crippen molar-refractivity contribution in [2.75, 3.05) is 32.2 Å². The van der Waals surface area contributed by atoms with E-state index in [0.29, 0.717) is 53.0 Å². The number of aliphatic carboxylic acids is 1. The summed E-state index contributed by atoms with van der Waals surface area (Å²) in [5.74, 6) is -1.02. The summed E-state index contributed by atoms with van der Waals surface area (Å²) in [6.45, 7) is 2.51. The van der Waals surface area contributed by atoms with Crippen LogP contribution in [-0.2, 0) is 32.3 Å². The second-order valence-electron chi connectivity index (χ2n) is 9.42. The zero-order valence-corrected chi connectivity index (χ0v) is 23.4. The SMILES string of the molecule is CP(=O)(CCc1cc(Cl)c(CN[C@@H](CC2CCN(S(C)(=O)=O)C2)C(=O)O)c(Cl)c1)c1cccc(O)c1. The third-order valence-electron chi connectivity index (χ3n) is 6.51. The Hall–Kier alpha value is -1.61. The molecular weight excluding hydrogens is 546 g/mol. The van der Waals surface area contributed by atoms with Crippen LogP contribution >= 0.6 is 30.3 Å². The van der Waals surface area contributed by atoms with Gasteiger partial charge in [-0.3, -0.25) is 4.79 Å². The number of benzene rings is 2. The number of hydrogen-bond donors (Lipinski definition) is 3. The van der Waals surface area contributed by atoms with E-state index in [0.717, 1.165) is 11.8 Å². The van der Waals surface area contributed by atoms with Gasteiger partial charge in [0, 0.05) is 46.7 Å². The second kappa shape index (κ2) is 11.8. The third-order valence-corrected chi connectivity index (χ3v) is 10.9. The van der Waals surface area contributed by atoms with E-state index in [1.165, 1.54) is 16.4 Å². The zero-order valence-electron chi connectivity index (χ0n) is 20.2. The molecule has 1 saturated heterocycles. The minimum absolute atomic E-state index is 0.0575. The molecule has 0 amide bonds. The molecule has 1 aliphatic heterocycles. The molecule has 1 aliphatic rings. The lowest BCUT2D eigenvalue weighted by atomic mass is 9.99. The Bertz CT molecular complexity index is 1250. The first-order valence-electron chi connectivity index (χ1n) is 11.5. The number of nitrogens with one attached hydrogen (secondary N) is 1. The van der Waals surface area contributed by atoms with Crippen LogP contribution in [0.25, 0.3) is 0 Å². The summed E-state index contributed by atoms with van der Waals surface area (Å²) in [4.78, 5) is 11.8. The number of phenols is 1. The van der Waals surface area contributed by atoms with Gasteiger partial charge in [0.15, 0.2) is 0 Å². The topological polar surface area (TPSA) is 124 Å². The number of rotatable bonds is 11. The molecule has 0 aromatic heterocycles. The fourth-order valence-electron chi connectivity index (χ4n) is 4.35. The van der Waals surface area contributed by atoms with Gasteiger partial charge in [-0.2, -0.15) is 0 Å². The van der Waals surface area contributed by atoms with Crippen molar-refractivity contribution in [3.05, 3.63) is 57.6 Å². The van der Waals surface area contributed by atoms with Crippen LogP contribution in [-0.4, -0.2) is 67.1 Å². The van der Waals surface area contributed by atoms with Gasteiger partial charge in [0.05, 0.1) is 6.26 Å². The summed E-state index contributed by atoms with van der Waals surface area (Å²) in [5.41, 5.74) is 1.36. The highest BCUT2D eigenvalue weighted by atomic mass is 35.5. The molecule has 12 heteroatoms. The molecular formula is C24H31Cl2N2O6PS. The predicted molar refractivity (Wildman–Crippen MR) is 144 cm³/mol. The van der Waals surface area contributed by atoms with Crippen LogP contribution in [0.15, 0.2) is 36.4 Å². The van der Waals surface area contributed by atoms with Crippen molar-refractivity contribution in [3.63, 3.8) is 0 Å². The lowest BCUT2D eigenvalue weighted by Crippen LogP contribution is -2.38. The molecule has 0 spiro atoms. The molecule has 1 fully saturated rings. The summed E-state index contributed by atoms with van der Waals surface area (Å²) in [7, 11) is -6.00. The monoisotopic (exact) mass is 576 g/mol. The van der Waals surface area contributed by atoms with Gasteiger partial charge in [0.1, 0.15) is 18.9 Å². The van der Waals surface area contributed by atoms with Crippen molar-refractivity contribution in [2.24, 2.45) is 5.92 Å². The maximum Gasteiger partial charge on any atom is 0.320 e. The first kappa shape index (κ1) is 29.0. The Kier molecular flexibility index (Phi) is 9.52. The summed E-state index contributed by atoms with van der Waals surface area (Å²) in [5, 5.41) is 23.7. The molecule has 0 saturated carbocycles. The van der Waals surface area contributed by atoms with Crippen molar-refractivity contribution in [1.29, 1.82) is 0 Å². The van der Waals surface area contributed by atoms with Gasteiger partial charge < -0.3 is 20.1 Å². The fraction of sp³-hybridized carbons (Fsp3) is 0.458. The van der Waals surface area contributed by atoms with E-state index >= 15 is 0 Å². The van der Waals surface area contributed by atoms with Gasteiger partial charge in [0.2, 0.25) is 10.0 Å². The predicted octanol–water partition coefficient (Wildman–Crippen LogP) is 3.77. The molecule has 1 heterocycles. The van der Waals surface area contributed by atoms with Crippen LogP contribution in [0.5, 0.6) is 5.75 Å². The molecule has 198 valence electrons. The number of carboxylic acids is 1. The molecule has 3 rings (SSSR count). The molecule has 2 unspecified atom stereocenters. The Morgan fingerprint density at radius 3 is 2.47 bits per heavy atom. The van der Waals surface area contributed by atoms with Crippen molar-refractivity contribution in [3.8, 4) is 5.75 Å². The maximum absolute atomic E-state index is 13.2. The van der Waals surface area contributed by atoms with Crippen LogP contribution in [0.3, 0.4) is 0 Å². The van der Waals surface area contributed by atoms with Crippen molar-refractivity contribution < 1.29 is 28.0 Å². The zero-order chi connectivity index (χ0) is 26.7. The van der Waals surface area contributed by atoms with Gasteiger partial charge in [-0.25, -0.2) is 12.7 Å². The molecule has 0 radical (unpaired) electrons. The number of halogens is 2. The van der Waals surface area contributed by atoms with Gasteiger partial charge in [-0.05, 0) is 61.7 Å². The number of hydrogen-bond acceptors (Lipinski definition) is 6. The quantitative estimate of drug-likeness (QED) is 0.348. The summed E-state index contributed by atoms with van der Waals surface area (Å²) >= 11 is 13.0. The van der Waals surface area contributed by atoms with E-state index in [4.69, 9.17) is 23.2 Å². The van der Waals surface area contributed by atoms with Crippen LogP contribution in [0, 0.1) is 5.92 Å². The highest BCUT2D eigenvalue weighted by Gasteiger charge is 2.32. The number of carbonyl (C=O) groups is 1. The van der Waals surface area contributed by atoms with Crippen molar-refractivity contribution in [1.82, 2.24) is 9.62 Å². The molecule has 2 aromatic rings. The summed E-state index contributed by atoms with van der Waals surface area (Å²) in [6, 6.07) is 9.04. The third kappa shape index (κ3) is 7.70. The van der Waals surface area contributed by atoms with Crippen LogP contribution < -0.4 is 10.6 Å². The van der Waals surface area contributed by atoms with Crippen molar-refractivity contribution >= 4 is 51.6 Å². The fourth-order valence-corrected chi connectivity index (χ4v) is 7.68. The largest absolute Gasteiger partial charge is 0.508 e. The Morgan fingerprint density at radius 2 is 1.92 bits per heavy atom. The van der Waals surface area contributed by atoms with E-state index in [2.05, 4.69) is 5.32 Å². The van der Waals surface area contributed by atoms with E-state index in [1.54, 1.807) is 30.9 Å².